The molecule has 0 unspecified atom stereocenters. The molecular formula is C12H19NO. The van der Waals surface area contributed by atoms with Gasteiger partial charge in [-0.3, -0.25) is 4.79 Å². The molecule has 0 aromatic rings. The van der Waals surface area contributed by atoms with E-state index in [1.165, 1.54) is 0 Å². The predicted molar refractivity (Wildman–Crippen MR) is 61.0 cm³/mol. The van der Waals surface area contributed by atoms with Gasteiger partial charge < -0.3 is 5.32 Å². The average Bonchev–Trinajstić information content (AvgIpc) is 2.17. The topological polar surface area (TPSA) is 29.1 Å². The van der Waals surface area contributed by atoms with Gasteiger partial charge in [0.2, 0.25) is 6.41 Å². The summed E-state index contributed by atoms with van der Waals surface area (Å²) < 4.78 is 0. The van der Waals surface area contributed by atoms with Crippen molar-refractivity contribution in [1.29, 1.82) is 0 Å². The summed E-state index contributed by atoms with van der Waals surface area (Å²) in [6, 6.07) is 0.103. The second-order valence-electron chi connectivity index (χ2n) is 3.03. The van der Waals surface area contributed by atoms with Crippen molar-refractivity contribution in [3.8, 4) is 0 Å². The van der Waals surface area contributed by atoms with Gasteiger partial charge >= 0.3 is 0 Å². The normalized spacial score (nSPS) is 14.0. The third-order valence-electron chi connectivity index (χ3n) is 1.92. The fourth-order valence-electron chi connectivity index (χ4n) is 1.33. The van der Waals surface area contributed by atoms with Crippen molar-refractivity contribution in [2.24, 2.45) is 0 Å². The summed E-state index contributed by atoms with van der Waals surface area (Å²) in [7, 11) is 0. The first-order valence-electron chi connectivity index (χ1n) is 4.95. The molecular weight excluding hydrogens is 174 g/mol. The van der Waals surface area contributed by atoms with Gasteiger partial charge in [0.1, 0.15) is 0 Å². The van der Waals surface area contributed by atoms with Crippen LogP contribution in [0.2, 0.25) is 0 Å². The van der Waals surface area contributed by atoms with Crippen molar-refractivity contribution in [2.75, 3.05) is 0 Å². The number of rotatable bonds is 7. The Labute approximate surface area is 86.4 Å². The third-order valence-corrected chi connectivity index (χ3v) is 1.92. The Balaban J connectivity index is 4.61. The van der Waals surface area contributed by atoms with Gasteiger partial charge in [-0.25, -0.2) is 0 Å². The molecule has 0 heterocycles. The molecule has 1 amide bonds. The van der Waals surface area contributed by atoms with Crippen LogP contribution in [0.1, 0.15) is 26.7 Å². The number of hydrogen-bond acceptors (Lipinski definition) is 1. The molecule has 14 heavy (non-hydrogen) atoms. The SMILES string of the molecule is C=C/C=C(\C=C/C)[C@H](CCC)NC=O. The van der Waals surface area contributed by atoms with E-state index in [9.17, 15) is 4.79 Å². The fraction of sp³-hybridized carbons (Fsp3) is 0.417. The molecule has 0 bridgehead atoms. The third kappa shape index (κ3) is 4.65. The van der Waals surface area contributed by atoms with Gasteiger partial charge in [-0.05, 0) is 18.9 Å². The van der Waals surface area contributed by atoms with Crippen molar-refractivity contribution < 1.29 is 4.79 Å². The summed E-state index contributed by atoms with van der Waals surface area (Å²) in [5, 5.41) is 2.81. The minimum atomic E-state index is 0.103. The maximum absolute atomic E-state index is 10.4. The van der Waals surface area contributed by atoms with E-state index in [1.807, 2.05) is 25.2 Å². The van der Waals surface area contributed by atoms with Crippen LogP contribution in [0.4, 0.5) is 0 Å². The van der Waals surface area contributed by atoms with E-state index in [-0.39, 0.29) is 6.04 Å². The van der Waals surface area contributed by atoms with Crippen molar-refractivity contribution in [2.45, 2.75) is 32.7 Å². The van der Waals surface area contributed by atoms with Gasteiger partial charge in [-0.2, -0.15) is 0 Å². The molecule has 0 saturated carbocycles. The van der Waals surface area contributed by atoms with Crippen LogP contribution in [-0.2, 0) is 4.79 Å². The molecule has 0 aromatic heterocycles. The van der Waals surface area contributed by atoms with Crippen LogP contribution in [-0.4, -0.2) is 12.5 Å². The summed E-state index contributed by atoms with van der Waals surface area (Å²) >= 11 is 0. The van der Waals surface area contributed by atoms with Crippen LogP contribution in [0.5, 0.6) is 0 Å². The number of allylic oxidation sites excluding steroid dienone is 3. The van der Waals surface area contributed by atoms with E-state index in [1.54, 1.807) is 6.08 Å². The van der Waals surface area contributed by atoms with Gasteiger partial charge in [-0.15, -0.1) is 0 Å². The van der Waals surface area contributed by atoms with Gasteiger partial charge in [0.15, 0.2) is 0 Å². The molecule has 0 aliphatic heterocycles. The number of carbonyl (C=O) groups is 1. The Morgan fingerprint density at radius 2 is 2.29 bits per heavy atom. The first kappa shape index (κ1) is 12.7. The summed E-state index contributed by atoms with van der Waals surface area (Å²) in [6.07, 6.45) is 10.4. The highest BCUT2D eigenvalue weighted by Crippen LogP contribution is 2.10. The molecule has 2 nitrogen and oxygen atoms in total. The van der Waals surface area contributed by atoms with Crippen LogP contribution in [0, 0.1) is 0 Å². The minimum absolute atomic E-state index is 0.103. The molecule has 1 N–H and O–H groups in total. The van der Waals surface area contributed by atoms with Crippen molar-refractivity contribution in [3.05, 3.63) is 36.5 Å². The highest BCUT2D eigenvalue weighted by Gasteiger charge is 2.08. The van der Waals surface area contributed by atoms with Crippen molar-refractivity contribution in [3.63, 3.8) is 0 Å². The van der Waals surface area contributed by atoms with Gasteiger partial charge in [0.05, 0.1) is 6.04 Å². The van der Waals surface area contributed by atoms with Crippen LogP contribution >= 0.6 is 0 Å². The lowest BCUT2D eigenvalue weighted by atomic mass is 10.0. The van der Waals surface area contributed by atoms with Gasteiger partial charge in [0, 0.05) is 0 Å². The minimum Gasteiger partial charge on any atom is -0.352 e. The Bertz CT molecular complexity index is 228. The summed E-state index contributed by atoms with van der Waals surface area (Å²) in [4.78, 5) is 10.4. The van der Waals surface area contributed by atoms with Gasteiger partial charge in [0.25, 0.3) is 0 Å². The molecule has 0 saturated heterocycles. The smallest absolute Gasteiger partial charge is 0.207 e. The summed E-state index contributed by atoms with van der Waals surface area (Å²) in [6.45, 7) is 7.72. The van der Waals surface area contributed by atoms with Crippen LogP contribution in [0.25, 0.3) is 0 Å². The lowest BCUT2D eigenvalue weighted by Crippen LogP contribution is -2.28. The molecule has 0 radical (unpaired) electrons. The standard InChI is InChI=1S/C12H19NO/c1-4-7-11(8-5-2)12(9-6-3)13-10-14/h4-5,7-8,10,12H,1,6,9H2,2-3H3,(H,13,14)/b8-5-,11-7+/t12-/m0/s1. The second-order valence-corrected chi connectivity index (χ2v) is 3.03. The van der Waals surface area contributed by atoms with E-state index < -0.39 is 0 Å². The summed E-state index contributed by atoms with van der Waals surface area (Å²) in [5.41, 5.74) is 1.09. The van der Waals surface area contributed by atoms with Crippen molar-refractivity contribution >= 4 is 6.41 Å². The highest BCUT2D eigenvalue weighted by molar-refractivity contribution is 5.49. The van der Waals surface area contributed by atoms with E-state index >= 15 is 0 Å². The van der Waals surface area contributed by atoms with Crippen LogP contribution in [0.3, 0.4) is 0 Å². The van der Waals surface area contributed by atoms with Crippen LogP contribution < -0.4 is 5.32 Å². The number of nitrogens with one attached hydrogen (secondary N) is 1. The molecule has 0 aliphatic carbocycles. The van der Waals surface area contributed by atoms with E-state index in [0.717, 1.165) is 24.8 Å². The van der Waals surface area contributed by atoms with Crippen molar-refractivity contribution in [1.82, 2.24) is 5.32 Å². The number of carbonyl (C=O) groups excluding carboxylic acids is 1. The lowest BCUT2D eigenvalue weighted by molar-refractivity contribution is -0.109. The monoisotopic (exact) mass is 193 g/mol. The number of hydrogen-bond donors (Lipinski definition) is 1. The largest absolute Gasteiger partial charge is 0.352 e. The Kier molecular flexibility index (Phi) is 7.52. The average molecular weight is 193 g/mol. The Morgan fingerprint density at radius 1 is 1.57 bits per heavy atom. The van der Waals surface area contributed by atoms with E-state index in [0.29, 0.717) is 0 Å². The first-order valence-corrected chi connectivity index (χ1v) is 4.95. The van der Waals surface area contributed by atoms with E-state index in [2.05, 4.69) is 18.8 Å². The lowest BCUT2D eigenvalue weighted by Gasteiger charge is -2.16. The molecule has 0 aromatic carbocycles. The first-order chi connectivity index (χ1) is 6.79. The molecule has 0 spiro atoms. The zero-order valence-corrected chi connectivity index (χ0v) is 8.99. The summed E-state index contributed by atoms with van der Waals surface area (Å²) in [5.74, 6) is 0. The maximum atomic E-state index is 10.4. The second kappa shape index (κ2) is 8.30. The van der Waals surface area contributed by atoms with E-state index in [4.69, 9.17) is 0 Å². The predicted octanol–water partition coefficient (Wildman–Crippen LogP) is 2.59. The fourth-order valence-corrected chi connectivity index (χ4v) is 1.33. The molecule has 78 valence electrons. The zero-order chi connectivity index (χ0) is 10.8. The molecule has 0 aliphatic rings. The molecule has 0 fully saturated rings. The zero-order valence-electron chi connectivity index (χ0n) is 8.99. The Hall–Kier alpha value is -1.31. The maximum Gasteiger partial charge on any atom is 0.207 e. The quantitative estimate of drug-likeness (QED) is 0.488. The number of amides is 1. The van der Waals surface area contributed by atoms with Crippen LogP contribution in [0.15, 0.2) is 36.5 Å². The molecule has 1 atom stereocenters. The highest BCUT2D eigenvalue weighted by atomic mass is 16.1. The molecule has 2 heteroatoms. The van der Waals surface area contributed by atoms with Gasteiger partial charge in [-0.1, -0.05) is 44.2 Å². The Morgan fingerprint density at radius 3 is 2.71 bits per heavy atom. The molecule has 0 rings (SSSR count).